The van der Waals surface area contributed by atoms with Crippen LogP contribution in [0.1, 0.15) is 5.76 Å². The first-order chi connectivity index (χ1) is 11.1. The van der Waals surface area contributed by atoms with Crippen molar-refractivity contribution in [1.29, 1.82) is 0 Å². The molecule has 1 aromatic carbocycles. The van der Waals surface area contributed by atoms with Crippen molar-refractivity contribution in [2.45, 2.75) is 0 Å². The largest absolute Gasteiger partial charge is 0.497 e. The Morgan fingerprint density at radius 2 is 1.96 bits per heavy atom. The molecule has 1 aliphatic rings. The van der Waals surface area contributed by atoms with Gasteiger partial charge in [-0.15, -0.1) is 0 Å². The van der Waals surface area contributed by atoms with Gasteiger partial charge in [0.15, 0.2) is 0 Å². The Balaban J connectivity index is 1.95. The average molecular weight is 331 g/mol. The number of thioether (sulfide) groups is 1. The van der Waals surface area contributed by atoms with Crippen LogP contribution in [-0.4, -0.2) is 25.4 Å². The highest BCUT2D eigenvalue weighted by Crippen LogP contribution is 2.35. The number of nitrogens with one attached hydrogen (secondary N) is 1. The Labute approximate surface area is 136 Å². The van der Waals surface area contributed by atoms with Gasteiger partial charge in [0.05, 0.1) is 24.7 Å². The molecule has 0 spiro atoms. The summed E-state index contributed by atoms with van der Waals surface area (Å²) in [5.41, 5.74) is 0.733. The number of hydrogen-bond donors (Lipinski definition) is 1. The summed E-state index contributed by atoms with van der Waals surface area (Å²) in [6.07, 6.45) is 1.53. The van der Waals surface area contributed by atoms with Crippen molar-refractivity contribution >= 4 is 29.0 Å². The molecular weight excluding hydrogens is 318 g/mol. The summed E-state index contributed by atoms with van der Waals surface area (Å²) in [5.74, 6) is 1.94. The number of benzene rings is 1. The maximum atomic E-state index is 11.6. The number of carbonyl (C=O) groups is 2. The quantitative estimate of drug-likeness (QED) is 0.866. The van der Waals surface area contributed by atoms with Crippen LogP contribution < -0.4 is 14.8 Å². The van der Waals surface area contributed by atoms with E-state index < -0.39 is 5.91 Å². The van der Waals surface area contributed by atoms with Gasteiger partial charge < -0.3 is 13.9 Å². The first-order valence-electron chi connectivity index (χ1n) is 6.68. The molecule has 0 atom stereocenters. The van der Waals surface area contributed by atoms with Gasteiger partial charge in [0.1, 0.15) is 23.0 Å². The van der Waals surface area contributed by atoms with Crippen molar-refractivity contribution in [3.8, 4) is 22.8 Å². The van der Waals surface area contributed by atoms with Crippen molar-refractivity contribution in [2.75, 3.05) is 14.2 Å². The monoisotopic (exact) mass is 331 g/mol. The Kier molecular flexibility index (Phi) is 4.12. The summed E-state index contributed by atoms with van der Waals surface area (Å²) in [6, 6.07) is 8.86. The van der Waals surface area contributed by atoms with E-state index in [4.69, 9.17) is 13.9 Å². The number of furan rings is 1. The Morgan fingerprint density at radius 3 is 2.61 bits per heavy atom. The maximum absolute atomic E-state index is 11.6. The predicted octanol–water partition coefficient (Wildman–Crippen LogP) is 3.29. The second kappa shape index (κ2) is 6.21. The number of hydrogen-bond acceptors (Lipinski definition) is 6. The van der Waals surface area contributed by atoms with Gasteiger partial charge in [0.25, 0.3) is 11.1 Å². The third kappa shape index (κ3) is 3.09. The maximum Gasteiger partial charge on any atom is 0.290 e. The van der Waals surface area contributed by atoms with E-state index in [1.165, 1.54) is 6.08 Å². The zero-order valence-electron chi connectivity index (χ0n) is 12.4. The molecule has 23 heavy (non-hydrogen) atoms. The molecule has 6 nitrogen and oxygen atoms in total. The molecule has 0 aliphatic carbocycles. The van der Waals surface area contributed by atoms with Crippen LogP contribution in [0.15, 0.2) is 39.7 Å². The lowest BCUT2D eigenvalue weighted by molar-refractivity contribution is -0.115. The van der Waals surface area contributed by atoms with Crippen LogP contribution in [-0.2, 0) is 4.79 Å². The SMILES string of the molecule is COc1ccc(OC)c(-c2ccc(C=C3SC(=O)NC3=O)o2)c1. The Bertz CT molecular complexity index is 809. The average Bonchev–Trinajstić information content (AvgIpc) is 3.13. The van der Waals surface area contributed by atoms with E-state index in [-0.39, 0.29) is 5.24 Å². The van der Waals surface area contributed by atoms with Crippen molar-refractivity contribution < 1.29 is 23.5 Å². The second-order valence-electron chi connectivity index (χ2n) is 4.62. The van der Waals surface area contributed by atoms with Crippen molar-refractivity contribution in [1.82, 2.24) is 5.32 Å². The van der Waals surface area contributed by atoms with Gasteiger partial charge in [-0.2, -0.15) is 0 Å². The first-order valence-corrected chi connectivity index (χ1v) is 7.49. The number of imide groups is 1. The zero-order chi connectivity index (χ0) is 16.4. The molecule has 3 rings (SSSR count). The highest BCUT2D eigenvalue weighted by Gasteiger charge is 2.25. The van der Waals surface area contributed by atoms with E-state index in [1.807, 2.05) is 0 Å². The molecule has 2 aromatic rings. The molecule has 1 aliphatic heterocycles. The smallest absolute Gasteiger partial charge is 0.290 e. The van der Waals surface area contributed by atoms with Crippen molar-refractivity contribution in [2.24, 2.45) is 0 Å². The van der Waals surface area contributed by atoms with E-state index in [0.717, 1.165) is 17.3 Å². The molecule has 2 amide bonds. The van der Waals surface area contributed by atoms with Crippen LogP contribution in [0.5, 0.6) is 11.5 Å². The summed E-state index contributed by atoms with van der Waals surface area (Å²) in [5, 5.41) is 1.81. The Morgan fingerprint density at radius 1 is 1.13 bits per heavy atom. The predicted molar refractivity (Wildman–Crippen MR) is 86.4 cm³/mol. The number of ether oxygens (including phenoxy) is 2. The van der Waals surface area contributed by atoms with E-state index in [2.05, 4.69) is 5.32 Å². The van der Waals surface area contributed by atoms with Crippen LogP contribution in [0.25, 0.3) is 17.4 Å². The summed E-state index contributed by atoms with van der Waals surface area (Å²) in [4.78, 5) is 23.0. The lowest BCUT2D eigenvalue weighted by Crippen LogP contribution is -2.17. The minimum atomic E-state index is -0.420. The molecule has 7 heteroatoms. The molecule has 1 saturated heterocycles. The first kappa shape index (κ1) is 15.2. The molecular formula is C16H13NO5S. The van der Waals surface area contributed by atoms with Gasteiger partial charge >= 0.3 is 0 Å². The Hall–Kier alpha value is -2.67. The lowest BCUT2D eigenvalue weighted by Gasteiger charge is -2.08. The van der Waals surface area contributed by atoms with E-state index in [0.29, 0.717) is 27.9 Å². The second-order valence-corrected chi connectivity index (χ2v) is 5.64. The number of carbonyl (C=O) groups excluding carboxylic acids is 2. The highest BCUT2D eigenvalue weighted by atomic mass is 32.2. The fraction of sp³-hybridized carbons (Fsp3) is 0.125. The topological polar surface area (TPSA) is 77.8 Å². The molecule has 0 bridgehead atoms. The van der Waals surface area contributed by atoms with Gasteiger partial charge in [0, 0.05) is 6.08 Å². The van der Waals surface area contributed by atoms with E-state index >= 15 is 0 Å². The third-order valence-electron chi connectivity index (χ3n) is 3.21. The number of methoxy groups -OCH3 is 2. The van der Waals surface area contributed by atoms with Gasteiger partial charge in [-0.05, 0) is 42.1 Å². The summed E-state index contributed by atoms with van der Waals surface area (Å²) < 4.78 is 16.3. The van der Waals surface area contributed by atoms with Gasteiger partial charge in [0.2, 0.25) is 0 Å². The van der Waals surface area contributed by atoms with Crippen LogP contribution >= 0.6 is 11.8 Å². The normalized spacial score (nSPS) is 15.8. The van der Waals surface area contributed by atoms with Gasteiger partial charge in [-0.1, -0.05) is 0 Å². The summed E-state index contributed by atoms with van der Waals surface area (Å²) >= 11 is 0.844. The molecule has 0 saturated carbocycles. The summed E-state index contributed by atoms with van der Waals surface area (Å²) in [7, 11) is 3.15. The van der Waals surface area contributed by atoms with Crippen molar-refractivity contribution in [3.05, 3.63) is 41.0 Å². The van der Waals surface area contributed by atoms with Crippen LogP contribution in [0.2, 0.25) is 0 Å². The van der Waals surface area contributed by atoms with Crippen LogP contribution in [0, 0.1) is 0 Å². The standard InChI is InChI=1S/C16H13NO5S/c1-20-9-3-5-12(21-2)11(7-9)13-6-4-10(22-13)8-14-15(18)17-16(19)23-14/h3-8H,1-2H3,(H,17,18,19). The molecule has 0 unspecified atom stereocenters. The molecule has 1 N–H and O–H groups in total. The molecule has 118 valence electrons. The lowest BCUT2D eigenvalue weighted by atomic mass is 10.1. The van der Waals surface area contributed by atoms with Gasteiger partial charge in [-0.25, -0.2) is 0 Å². The molecule has 1 fully saturated rings. The van der Waals surface area contributed by atoms with Crippen LogP contribution in [0.4, 0.5) is 4.79 Å². The molecule has 2 heterocycles. The number of amides is 2. The van der Waals surface area contributed by atoms with Crippen molar-refractivity contribution in [3.63, 3.8) is 0 Å². The minimum absolute atomic E-state index is 0.300. The fourth-order valence-corrected chi connectivity index (χ4v) is 2.79. The number of rotatable bonds is 4. The zero-order valence-corrected chi connectivity index (χ0v) is 13.2. The fourth-order valence-electron chi connectivity index (χ4n) is 2.13. The van der Waals surface area contributed by atoms with E-state index in [9.17, 15) is 9.59 Å². The molecule has 0 radical (unpaired) electrons. The van der Waals surface area contributed by atoms with Crippen LogP contribution in [0.3, 0.4) is 0 Å². The summed E-state index contributed by atoms with van der Waals surface area (Å²) in [6.45, 7) is 0. The van der Waals surface area contributed by atoms with E-state index in [1.54, 1.807) is 44.6 Å². The van der Waals surface area contributed by atoms with Gasteiger partial charge in [-0.3, -0.25) is 14.9 Å². The molecule has 1 aromatic heterocycles. The minimum Gasteiger partial charge on any atom is -0.497 e. The highest BCUT2D eigenvalue weighted by molar-refractivity contribution is 8.18. The third-order valence-corrected chi connectivity index (χ3v) is 4.02.